The van der Waals surface area contributed by atoms with Crippen LogP contribution in [0.15, 0.2) is 34.3 Å². The Morgan fingerprint density at radius 1 is 1.14 bits per heavy atom. The Morgan fingerprint density at radius 3 is 2.31 bits per heavy atom. The molecule has 1 N–H and O–H groups in total. The maximum atomic E-state index is 11.2. The molecule has 0 saturated heterocycles. The Bertz CT molecular complexity index is 806. The van der Waals surface area contributed by atoms with E-state index in [9.17, 15) is 10.1 Å². The monoisotopic (exact) mass is 441 g/mol. The van der Waals surface area contributed by atoms with Crippen molar-refractivity contribution in [1.29, 1.82) is 0 Å². The number of ether oxygens (including phenoxy) is 3. The molecule has 8 nitrogen and oxygen atoms in total. The van der Waals surface area contributed by atoms with E-state index in [1.165, 1.54) is 40.3 Å². The molecule has 0 spiro atoms. The third-order valence-electron chi connectivity index (χ3n) is 3.40. The van der Waals surface area contributed by atoms with Crippen LogP contribution in [0, 0.1) is 10.1 Å². The van der Waals surface area contributed by atoms with Crippen molar-refractivity contribution in [2.24, 2.45) is 0 Å². The van der Waals surface area contributed by atoms with Crippen LogP contribution in [0.3, 0.4) is 0 Å². The van der Waals surface area contributed by atoms with Gasteiger partial charge in [-0.05, 0) is 30.0 Å². The summed E-state index contributed by atoms with van der Waals surface area (Å²) in [5.74, 6) is 1.57. The maximum absolute atomic E-state index is 11.2. The Balaban J connectivity index is 0.00000132. The zero-order valence-electron chi connectivity index (χ0n) is 17.5. The first-order valence-electron chi connectivity index (χ1n) is 8.89. The summed E-state index contributed by atoms with van der Waals surface area (Å²) in [7, 11) is 9.01. The Morgan fingerprint density at radius 2 is 1.79 bits per heavy atom. The first-order chi connectivity index (χ1) is 14.0. The molecule has 0 radical (unpaired) electrons. The summed E-state index contributed by atoms with van der Waals surface area (Å²) < 4.78 is 16.3. The van der Waals surface area contributed by atoms with Gasteiger partial charge in [-0.15, -0.1) is 0 Å². The normalized spacial score (nSPS) is 10.0. The van der Waals surface area contributed by atoms with Crippen LogP contribution < -0.4 is 19.5 Å². The predicted octanol–water partition coefficient (Wildman–Crippen LogP) is 4.95. The van der Waals surface area contributed by atoms with Crippen LogP contribution in [-0.4, -0.2) is 38.3 Å². The lowest BCUT2D eigenvalue weighted by molar-refractivity contribution is -0.388. The lowest BCUT2D eigenvalue weighted by Gasteiger charge is -2.19. The molecule has 0 aliphatic heterocycles. The van der Waals surface area contributed by atoms with E-state index in [0.717, 1.165) is 10.5 Å². The summed E-state index contributed by atoms with van der Waals surface area (Å²) in [6.45, 7) is 4.77. The molecule has 0 fully saturated rings. The van der Waals surface area contributed by atoms with E-state index < -0.39 is 4.92 Å². The van der Waals surface area contributed by atoms with Crippen LogP contribution in [0.1, 0.15) is 25.8 Å². The van der Waals surface area contributed by atoms with Crippen LogP contribution in [-0.2, 0) is 6.54 Å². The van der Waals surface area contributed by atoms with Crippen LogP contribution in [0.25, 0.3) is 0 Å². The number of pyridine rings is 1. The Kier molecular flexibility index (Phi) is 11.3. The molecular weight excluding hydrogens is 414 g/mol. The average molecular weight is 442 g/mol. The molecule has 0 aliphatic carbocycles. The number of methoxy groups -OCH3 is 3. The molecule has 0 saturated carbocycles. The number of hydrogen-bond donors (Lipinski definition) is 1. The van der Waals surface area contributed by atoms with Gasteiger partial charge in [0.15, 0.2) is 16.5 Å². The summed E-state index contributed by atoms with van der Waals surface area (Å²) in [5.41, 5.74) is 0.830. The lowest BCUT2D eigenvalue weighted by Crippen LogP contribution is -2.09. The maximum Gasteiger partial charge on any atom is 0.302 e. The van der Waals surface area contributed by atoms with E-state index >= 15 is 0 Å². The summed E-state index contributed by atoms with van der Waals surface area (Å²) in [5, 5.41) is 14.6. The second kappa shape index (κ2) is 13.1. The number of nitro groups is 1. The predicted molar refractivity (Wildman–Crippen MR) is 117 cm³/mol. The number of nitrogens with one attached hydrogen (secondary N) is 1. The van der Waals surface area contributed by atoms with E-state index in [1.807, 2.05) is 13.1 Å². The third kappa shape index (κ3) is 6.69. The zero-order valence-corrected chi connectivity index (χ0v) is 19.1. The quantitative estimate of drug-likeness (QED) is 0.329. The summed E-state index contributed by atoms with van der Waals surface area (Å²) in [4.78, 5) is 15.7. The van der Waals surface area contributed by atoms with Gasteiger partial charge < -0.3 is 19.5 Å². The van der Waals surface area contributed by atoms with Gasteiger partial charge in [0.1, 0.15) is 0 Å². The molecule has 1 heterocycles. The fraction of sp³-hybridized carbons (Fsp3) is 0.421. The molecule has 10 heteroatoms. The van der Waals surface area contributed by atoms with Crippen molar-refractivity contribution in [2.45, 2.75) is 36.7 Å². The number of rotatable bonds is 9. The van der Waals surface area contributed by atoms with Crippen LogP contribution >= 0.6 is 21.6 Å². The van der Waals surface area contributed by atoms with Crippen molar-refractivity contribution in [3.63, 3.8) is 0 Å². The highest BCUT2D eigenvalue weighted by molar-refractivity contribution is 8.76. The summed E-state index contributed by atoms with van der Waals surface area (Å²) >= 11 is 0. The minimum absolute atomic E-state index is 0.0346. The summed E-state index contributed by atoms with van der Waals surface area (Å²) in [6, 6.07) is 4.79. The van der Waals surface area contributed by atoms with Crippen LogP contribution in [0.5, 0.6) is 17.2 Å². The number of nitrogens with zero attached hydrogens (tertiary/aromatic N) is 2. The van der Waals surface area contributed by atoms with Crippen molar-refractivity contribution in [2.75, 3.05) is 28.4 Å². The highest BCUT2D eigenvalue weighted by atomic mass is 33.1. The largest absolute Gasteiger partial charge is 0.493 e. The van der Waals surface area contributed by atoms with Crippen LogP contribution in [0.2, 0.25) is 0 Å². The van der Waals surface area contributed by atoms with Gasteiger partial charge in [0.25, 0.3) is 0 Å². The molecule has 1 aromatic carbocycles. The van der Waals surface area contributed by atoms with Gasteiger partial charge in [-0.25, -0.2) is 4.98 Å². The molecule has 0 amide bonds. The number of benzene rings is 1. The molecule has 0 atom stereocenters. The molecule has 160 valence electrons. The van der Waals surface area contributed by atoms with Crippen molar-refractivity contribution in [3.05, 3.63) is 40.1 Å². The second-order valence-electron chi connectivity index (χ2n) is 5.61. The SMILES string of the molecule is CCC.CNCc1c(SSc2ncccc2[N+](=O)[O-])cc(OC)c(OC)c1OC. The molecule has 0 bridgehead atoms. The van der Waals surface area contributed by atoms with E-state index in [0.29, 0.717) is 28.8 Å². The molecule has 2 rings (SSSR count). The van der Waals surface area contributed by atoms with Crippen molar-refractivity contribution in [1.82, 2.24) is 10.3 Å². The fourth-order valence-corrected chi connectivity index (χ4v) is 4.54. The smallest absolute Gasteiger partial charge is 0.302 e. The summed E-state index contributed by atoms with van der Waals surface area (Å²) in [6.07, 6.45) is 2.78. The highest BCUT2D eigenvalue weighted by Crippen LogP contribution is 2.49. The number of aromatic nitrogens is 1. The minimum Gasteiger partial charge on any atom is -0.493 e. The molecule has 0 aliphatic rings. The topological polar surface area (TPSA) is 95.8 Å². The van der Waals surface area contributed by atoms with Gasteiger partial charge in [-0.2, -0.15) is 0 Å². The first-order valence-corrected chi connectivity index (χ1v) is 11.0. The standard InChI is InChI=1S/C16H19N3O5S2.C3H8/c1-17-9-10-13(8-12(22-2)15(24-4)14(10)23-3)25-26-16-11(19(20)21)6-5-7-18-16;1-3-2/h5-8,17H,9H2,1-4H3;3H2,1-2H3. The number of hydrogen-bond acceptors (Lipinski definition) is 9. The van der Waals surface area contributed by atoms with E-state index in [1.54, 1.807) is 27.4 Å². The van der Waals surface area contributed by atoms with Crippen molar-refractivity contribution < 1.29 is 19.1 Å². The highest BCUT2D eigenvalue weighted by Gasteiger charge is 2.22. The average Bonchev–Trinajstić information content (AvgIpc) is 2.72. The van der Waals surface area contributed by atoms with Gasteiger partial charge in [0.05, 0.1) is 26.3 Å². The van der Waals surface area contributed by atoms with Crippen molar-refractivity contribution >= 4 is 27.3 Å². The second-order valence-corrected chi connectivity index (χ2v) is 7.77. The van der Waals surface area contributed by atoms with Gasteiger partial charge in [-0.1, -0.05) is 31.1 Å². The Labute approximate surface area is 179 Å². The van der Waals surface area contributed by atoms with E-state index in [2.05, 4.69) is 24.1 Å². The van der Waals surface area contributed by atoms with Gasteiger partial charge in [-0.3, -0.25) is 10.1 Å². The zero-order chi connectivity index (χ0) is 21.8. The molecular formula is C19H27N3O5S2. The molecule has 29 heavy (non-hydrogen) atoms. The molecule has 1 aromatic heterocycles. The van der Waals surface area contributed by atoms with Crippen LogP contribution in [0.4, 0.5) is 5.69 Å². The first kappa shape index (κ1) is 24.9. The minimum atomic E-state index is -0.445. The van der Waals surface area contributed by atoms with E-state index in [-0.39, 0.29) is 5.69 Å². The van der Waals surface area contributed by atoms with Gasteiger partial charge >= 0.3 is 5.69 Å². The van der Waals surface area contributed by atoms with Gasteiger partial charge in [0.2, 0.25) is 5.75 Å². The fourth-order valence-electron chi connectivity index (χ4n) is 2.28. The van der Waals surface area contributed by atoms with Crippen molar-refractivity contribution in [3.8, 4) is 17.2 Å². The Hall–Kier alpha value is -2.17. The van der Waals surface area contributed by atoms with E-state index in [4.69, 9.17) is 14.2 Å². The molecule has 0 unspecified atom stereocenters. The van der Waals surface area contributed by atoms with Gasteiger partial charge in [0, 0.05) is 29.3 Å². The third-order valence-corrected chi connectivity index (χ3v) is 5.77. The lowest BCUT2D eigenvalue weighted by atomic mass is 10.1. The molecule has 2 aromatic rings.